The molecule has 0 radical (unpaired) electrons. The van der Waals surface area contributed by atoms with Gasteiger partial charge in [-0.05, 0) is 60.4 Å². The molecule has 204 valence electrons. The quantitative estimate of drug-likeness (QED) is 0.120. The van der Waals surface area contributed by atoms with Crippen LogP contribution in [0.1, 0.15) is 18.4 Å². The van der Waals surface area contributed by atoms with Crippen LogP contribution in [0.2, 0.25) is 0 Å². The zero-order valence-electron chi connectivity index (χ0n) is 20.4. The van der Waals surface area contributed by atoms with E-state index < -0.39 is 29.7 Å². The Hall–Kier alpha value is -2.98. The van der Waals surface area contributed by atoms with E-state index in [2.05, 4.69) is 9.71 Å². The Labute approximate surface area is 233 Å². The molecule has 2 aromatic heterocycles. The lowest BCUT2D eigenvalue weighted by molar-refractivity contribution is -0.378. The number of benzene rings is 2. The number of rotatable bonds is 13. The van der Waals surface area contributed by atoms with Crippen molar-refractivity contribution in [3.8, 4) is 17.6 Å². The molecular weight excluding hydrogens is 584 g/mol. The van der Waals surface area contributed by atoms with Crippen LogP contribution in [0.4, 0.5) is 4.39 Å². The maximum atomic E-state index is 13.7. The summed E-state index contributed by atoms with van der Waals surface area (Å²) in [6.07, 6.45) is 4.70. The number of ether oxygens (including phenoxy) is 1. The largest absolute Gasteiger partial charge is 0.494 e. The fourth-order valence-electron chi connectivity index (χ4n) is 3.34. The number of fused-ring (bicyclic) bond motifs is 1. The van der Waals surface area contributed by atoms with Gasteiger partial charge in [0.15, 0.2) is 12.4 Å². The van der Waals surface area contributed by atoms with Gasteiger partial charge in [0.1, 0.15) is 33.9 Å². The highest BCUT2D eigenvalue weighted by atomic mass is 32.2. The van der Waals surface area contributed by atoms with Crippen LogP contribution < -0.4 is 19.0 Å². The topological polar surface area (TPSA) is 140 Å². The van der Waals surface area contributed by atoms with Gasteiger partial charge in [0.05, 0.1) is 12.2 Å². The molecule has 9 nitrogen and oxygen atoms in total. The van der Waals surface area contributed by atoms with Crippen molar-refractivity contribution in [3.63, 3.8) is 0 Å². The molecule has 0 saturated heterocycles. The maximum absolute atomic E-state index is 13.7. The molecule has 1 atom stereocenters. The highest BCUT2D eigenvalue weighted by molar-refractivity contribution is 7.99. The summed E-state index contributed by atoms with van der Waals surface area (Å²) in [7, 11) is -8.65. The lowest BCUT2D eigenvalue weighted by Crippen LogP contribution is -2.25. The van der Waals surface area contributed by atoms with Crippen molar-refractivity contribution in [3.05, 3.63) is 78.4 Å². The number of sulfonamides is 1. The average molecular weight is 609 g/mol. The van der Waals surface area contributed by atoms with Crippen molar-refractivity contribution >= 4 is 50.8 Å². The van der Waals surface area contributed by atoms with Crippen LogP contribution in [0.15, 0.2) is 76.1 Å². The molecule has 0 aliphatic rings. The summed E-state index contributed by atoms with van der Waals surface area (Å²) in [4.78, 5) is 14.3. The average Bonchev–Trinajstić information content (AvgIpc) is 3.35. The van der Waals surface area contributed by atoms with E-state index in [9.17, 15) is 22.3 Å². The molecule has 0 amide bonds. The number of nitriles is 1. The zero-order chi connectivity index (χ0) is 27.9. The third-order valence-corrected chi connectivity index (χ3v) is 10.6. The molecule has 3 N–H and O–H groups in total. The first kappa shape index (κ1) is 29.0. The highest BCUT2D eigenvalue weighted by Gasteiger charge is 2.27. The number of halogens is 1. The molecule has 0 bridgehead atoms. The fourth-order valence-corrected chi connectivity index (χ4v) is 8.22. The predicted octanol–water partition coefficient (Wildman–Crippen LogP) is 5.18. The van der Waals surface area contributed by atoms with Gasteiger partial charge in [-0.2, -0.15) is 9.98 Å². The van der Waals surface area contributed by atoms with Crippen LogP contribution in [-0.4, -0.2) is 32.0 Å². The molecule has 2 aromatic carbocycles. The number of unbranched alkanes of at least 4 members (excludes halogenated alkanes) is 1. The minimum absolute atomic E-state index is 0.0467. The van der Waals surface area contributed by atoms with Crippen LogP contribution in [-0.2, 0) is 14.6 Å². The van der Waals surface area contributed by atoms with Gasteiger partial charge < -0.3 is 14.2 Å². The third-order valence-electron chi connectivity index (χ3n) is 5.26. The third kappa shape index (κ3) is 8.25. The number of nitrogens with zero attached hydrogens (tertiary/aromatic N) is 1. The van der Waals surface area contributed by atoms with E-state index in [0.717, 1.165) is 48.1 Å². The summed E-state index contributed by atoms with van der Waals surface area (Å²) in [6.45, 7) is 0.529. The number of thiophene rings is 1. The summed E-state index contributed by atoms with van der Waals surface area (Å²) >= 11 is 2.77. The number of thioether (sulfide) groups is 1. The van der Waals surface area contributed by atoms with E-state index in [4.69, 9.17) is 14.5 Å². The van der Waals surface area contributed by atoms with Crippen molar-refractivity contribution in [2.75, 3.05) is 18.6 Å². The predicted molar refractivity (Wildman–Crippen MR) is 147 cm³/mol. The smallest absolute Gasteiger partial charge is 0.391 e. The molecule has 4 rings (SSSR count). The molecule has 0 fully saturated rings. The number of pyridine rings is 1. The highest BCUT2D eigenvalue weighted by Crippen LogP contribution is 2.42. The van der Waals surface area contributed by atoms with E-state index in [1.54, 1.807) is 36.0 Å². The summed E-state index contributed by atoms with van der Waals surface area (Å²) in [5, 5.41) is 9.45. The minimum Gasteiger partial charge on any atom is -0.494 e. The summed E-state index contributed by atoms with van der Waals surface area (Å²) in [5.74, 6) is 0.363. The SMILES string of the molecule is N#Cc1ccc(OP(=O)(O)CNS(=O)(=O)c2cc3ccc(OCCCCSc4cc[nH+]cc4)cc3s2)cc1F. The molecule has 39 heavy (non-hydrogen) atoms. The van der Waals surface area contributed by atoms with E-state index in [1.165, 1.54) is 11.0 Å². The summed E-state index contributed by atoms with van der Waals surface area (Å²) in [6, 6.07) is 15.4. The number of hydrogen-bond donors (Lipinski definition) is 2. The van der Waals surface area contributed by atoms with E-state index in [-0.39, 0.29) is 15.5 Å². The van der Waals surface area contributed by atoms with Gasteiger partial charge in [0, 0.05) is 27.8 Å². The standard InChI is InChI=1S/C25H23FN3O6PS3/c26-23-14-21(6-4-19(23)16-27)35-36(30,31)17-29-39(32,33)25-13-18-3-5-20(15-24(18)38-25)34-11-1-2-12-37-22-7-9-28-10-8-22/h3-10,13-15,29H,1-2,11-12,17H2,(H,30,31)/p+1. The Morgan fingerprint density at radius 3 is 2.62 bits per heavy atom. The van der Waals surface area contributed by atoms with Gasteiger partial charge in [-0.1, -0.05) is 0 Å². The number of aromatic amines is 1. The lowest BCUT2D eigenvalue weighted by Gasteiger charge is -2.14. The second-order valence-electron chi connectivity index (χ2n) is 8.19. The Kier molecular flexibility index (Phi) is 9.61. The van der Waals surface area contributed by atoms with Crippen molar-refractivity contribution in [2.45, 2.75) is 21.9 Å². The molecule has 0 aliphatic carbocycles. The first-order chi connectivity index (χ1) is 18.6. The minimum atomic E-state index is -4.51. The van der Waals surface area contributed by atoms with Crippen LogP contribution >= 0.6 is 30.7 Å². The number of hydrogen-bond acceptors (Lipinski definition) is 8. The fraction of sp³-hybridized carbons (Fsp3) is 0.200. The molecule has 0 saturated carbocycles. The first-order valence-corrected chi connectivity index (χ1v) is 16.7. The Bertz CT molecular complexity index is 1640. The first-order valence-electron chi connectivity index (χ1n) is 11.6. The van der Waals surface area contributed by atoms with Crippen molar-refractivity contribution < 1.29 is 36.5 Å². The monoisotopic (exact) mass is 608 g/mol. The molecule has 0 spiro atoms. The number of nitrogens with one attached hydrogen (secondary N) is 2. The zero-order valence-corrected chi connectivity index (χ0v) is 23.7. The molecular formula is C25H24FN3O6PS3+. The van der Waals surface area contributed by atoms with E-state index >= 15 is 0 Å². The summed E-state index contributed by atoms with van der Waals surface area (Å²) < 4.78 is 65.1. The van der Waals surface area contributed by atoms with Gasteiger partial charge >= 0.3 is 7.60 Å². The molecule has 0 aliphatic heterocycles. The maximum Gasteiger partial charge on any atom is 0.391 e. The van der Waals surface area contributed by atoms with Crippen LogP contribution in [0.3, 0.4) is 0 Å². The van der Waals surface area contributed by atoms with Crippen molar-refractivity contribution in [1.82, 2.24) is 4.72 Å². The van der Waals surface area contributed by atoms with Crippen molar-refractivity contribution in [2.24, 2.45) is 0 Å². The van der Waals surface area contributed by atoms with Crippen LogP contribution in [0.25, 0.3) is 10.1 Å². The second-order valence-corrected chi connectivity index (χ2v) is 14.2. The van der Waals surface area contributed by atoms with Gasteiger partial charge in [0.2, 0.25) is 0 Å². The Balaban J connectivity index is 1.29. The normalized spacial score (nSPS) is 13.1. The molecule has 14 heteroatoms. The van der Waals surface area contributed by atoms with E-state index in [1.807, 2.05) is 24.5 Å². The number of H-pyrrole nitrogens is 1. The Morgan fingerprint density at radius 2 is 1.87 bits per heavy atom. The summed E-state index contributed by atoms with van der Waals surface area (Å²) in [5.41, 5.74) is -0.258. The molecule has 1 unspecified atom stereocenters. The molecule has 2 heterocycles. The van der Waals surface area contributed by atoms with Gasteiger partial charge in [-0.25, -0.2) is 22.4 Å². The van der Waals surface area contributed by atoms with Gasteiger partial charge in [0.25, 0.3) is 10.0 Å². The second kappa shape index (κ2) is 12.9. The molecule has 4 aromatic rings. The van der Waals surface area contributed by atoms with E-state index in [0.29, 0.717) is 22.4 Å². The van der Waals surface area contributed by atoms with Crippen LogP contribution in [0, 0.1) is 17.1 Å². The van der Waals surface area contributed by atoms with Gasteiger partial charge in [-0.15, -0.1) is 23.1 Å². The lowest BCUT2D eigenvalue weighted by atomic mass is 10.2. The Morgan fingerprint density at radius 1 is 1.10 bits per heavy atom. The van der Waals surface area contributed by atoms with Crippen molar-refractivity contribution in [1.29, 1.82) is 5.26 Å². The van der Waals surface area contributed by atoms with Gasteiger partial charge in [-0.3, -0.25) is 0 Å². The number of aromatic nitrogens is 1. The van der Waals surface area contributed by atoms with Crippen LogP contribution in [0.5, 0.6) is 11.5 Å².